The summed E-state index contributed by atoms with van der Waals surface area (Å²) in [6, 6.07) is 20.5. The Bertz CT molecular complexity index is 1080. The van der Waals surface area contributed by atoms with Gasteiger partial charge in [0.2, 0.25) is 5.82 Å². The Morgan fingerprint density at radius 3 is 2.63 bits per heavy atom. The molecule has 0 bridgehead atoms. The third-order valence-corrected chi connectivity index (χ3v) is 5.34. The molecule has 0 aliphatic heterocycles. The van der Waals surface area contributed by atoms with Crippen LogP contribution in [0.25, 0.3) is 22.2 Å². The number of hydrogen-bond acceptors (Lipinski definition) is 5. The fraction of sp³-hybridized carbons (Fsp3) is 0.0500. The van der Waals surface area contributed by atoms with Gasteiger partial charge in [0.1, 0.15) is 0 Å². The molecule has 4 aromatic rings. The van der Waals surface area contributed by atoms with Gasteiger partial charge >= 0.3 is 0 Å². The Morgan fingerprint density at radius 1 is 1.04 bits per heavy atom. The van der Waals surface area contributed by atoms with Gasteiger partial charge in [0, 0.05) is 17.1 Å². The molecule has 0 radical (unpaired) electrons. The van der Waals surface area contributed by atoms with Crippen molar-refractivity contribution in [1.29, 1.82) is 0 Å². The number of hydrogen-bond donors (Lipinski definition) is 1. The molecule has 0 atom stereocenters. The van der Waals surface area contributed by atoms with Crippen molar-refractivity contribution in [2.45, 2.75) is 6.54 Å². The van der Waals surface area contributed by atoms with Crippen LogP contribution in [-0.4, -0.2) is 16.0 Å². The topological polar surface area (TPSA) is 68.0 Å². The van der Waals surface area contributed by atoms with Crippen LogP contribution < -0.4 is 5.32 Å². The predicted molar refractivity (Wildman–Crippen MR) is 106 cm³/mol. The minimum atomic E-state index is -0.169. The molecular formula is C20H14ClN3O2S. The largest absolute Gasteiger partial charge is 0.347 e. The Hall–Kier alpha value is -2.96. The summed E-state index contributed by atoms with van der Waals surface area (Å²) in [5.41, 5.74) is 1.72. The third kappa shape index (κ3) is 3.92. The summed E-state index contributed by atoms with van der Waals surface area (Å²) in [5, 5.41) is 7.52. The Kier molecular flexibility index (Phi) is 5.00. The van der Waals surface area contributed by atoms with E-state index in [2.05, 4.69) is 15.5 Å². The molecule has 0 saturated heterocycles. The number of carbonyl (C=O) groups excluding carboxylic acids is 1. The summed E-state index contributed by atoms with van der Waals surface area (Å²) in [4.78, 5) is 18.1. The number of aromatic nitrogens is 2. The van der Waals surface area contributed by atoms with Gasteiger partial charge in [0.25, 0.3) is 11.8 Å². The van der Waals surface area contributed by atoms with Gasteiger partial charge in [-0.3, -0.25) is 4.79 Å². The quantitative estimate of drug-likeness (QED) is 0.513. The maximum Gasteiger partial charge on any atom is 0.261 e. The molecule has 0 aliphatic carbocycles. The second-order valence-corrected chi connectivity index (χ2v) is 7.22. The van der Waals surface area contributed by atoms with Crippen LogP contribution >= 0.6 is 22.9 Å². The van der Waals surface area contributed by atoms with Crippen LogP contribution in [0.1, 0.15) is 15.2 Å². The average molecular weight is 396 g/mol. The van der Waals surface area contributed by atoms with E-state index >= 15 is 0 Å². The number of benzene rings is 2. The molecule has 27 heavy (non-hydrogen) atoms. The molecular weight excluding hydrogens is 382 g/mol. The smallest absolute Gasteiger partial charge is 0.261 e. The number of carbonyl (C=O) groups is 1. The van der Waals surface area contributed by atoms with Gasteiger partial charge in [0.15, 0.2) is 0 Å². The van der Waals surface area contributed by atoms with Crippen LogP contribution in [0.3, 0.4) is 0 Å². The van der Waals surface area contributed by atoms with E-state index in [0.717, 1.165) is 16.0 Å². The van der Waals surface area contributed by atoms with E-state index in [0.29, 0.717) is 28.2 Å². The van der Waals surface area contributed by atoms with E-state index in [1.807, 2.05) is 54.6 Å². The summed E-state index contributed by atoms with van der Waals surface area (Å²) in [6.45, 7) is 0.367. The summed E-state index contributed by atoms with van der Waals surface area (Å²) < 4.78 is 5.32. The average Bonchev–Trinajstić information content (AvgIpc) is 3.37. The lowest BCUT2D eigenvalue weighted by Crippen LogP contribution is -2.21. The van der Waals surface area contributed by atoms with Crippen molar-refractivity contribution < 1.29 is 9.32 Å². The predicted octanol–water partition coefficient (Wildman–Crippen LogP) is 5.05. The minimum Gasteiger partial charge on any atom is -0.347 e. The van der Waals surface area contributed by atoms with Crippen molar-refractivity contribution in [3.05, 3.63) is 82.2 Å². The van der Waals surface area contributed by atoms with E-state index in [1.165, 1.54) is 11.3 Å². The summed E-state index contributed by atoms with van der Waals surface area (Å²) in [6.07, 6.45) is 0. The Labute approximate surface area is 164 Å². The number of halogens is 1. The molecule has 0 unspecified atom stereocenters. The maximum absolute atomic E-state index is 12.4. The number of nitrogens with one attached hydrogen (secondary N) is 1. The summed E-state index contributed by atoms with van der Waals surface area (Å²) in [7, 11) is 0. The zero-order chi connectivity index (χ0) is 18.6. The molecule has 5 nitrogen and oxygen atoms in total. The summed E-state index contributed by atoms with van der Waals surface area (Å²) in [5.74, 6) is 0.741. The molecule has 0 saturated carbocycles. The number of thiophene rings is 1. The highest BCUT2D eigenvalue weighted by molar-refractivity contribution is 7.17. The molecule has 0 aliphatic rings. The Morgan fingerprint density at radius 2 is 1.81 bits per heavy atom. The molecule has 4 rings (SSSR count). The molecule has 7 heteroatoms. The molecule has 0 spiro atoms. The lowest BCUT2D eigenvalue weighted by atomic mass is 10.2. The monoisotopic (exact) mass is 395 g/mol. The van der Waals surface area contributed by atoms with Crippen LogP contribution in [0.5, 0.6) is 0 Å². The standard InChI is InChI=1S/C20H14ClN3O2S/c21-15-9-5-4-8-14(15)12-22-19(25)17-11-10-16(27-17)18-23-20(26-24-18)13-6-2-1-3-7-13/h1-11H,12H2,(H,22,25). The van der Waals surface area contributed by atoms with Gasteiger partial charge in [-0.05, 0) is 35.9 Å². The SMILES string of the molecule is O=C(NCc1ccccc1Cl)c1ccc(-c2noc(-c3ccccc3)n2)s1. The second kappa shape index (κ2) is 7.73. The van der Waals surface area contributed by atoms with Crippen molar-refractivity contribution in [3.63, 3.8) is 0 Å². The highest BCUT2D eigenvalue weighted by Crippen LogP contribution is 2.28. The van der Waals surface area contributed by atoms with Crippen molar-refractivity contribution in [3.8, 4) is 22.2 Å². The van der Waals surface area contributed by atoms with E-state index < -0.39 is 0 Å². The van der Waals surface area contributed by atoms with E-state index in [1.54, 1.807) is 12.1 Å². The number of amides is 1. The molecule has 2 heterocycles. The minimum absolute atomic E-state index is 0.169. The third-order valence-electron chi connectivity index (χ3n) is 3.89. The van der Waals surface area contributed by atoms with Crippen molar-refractivity contribution in [1.82, 2.24) is 15.5 Å². The fourth-order valence-electron chi connectivity index (χ4n) is 2.51. The first-order chi connectivity index (χ1) is 13.2. The fourth-order valence-corrected chi connectivity index (χ4v) is 3.56. The van der Waals surface area contributed by atoms with Gasteiger partial charge in [-0.2, -0.15) is 4.98 Å². The summed E-state index contributed by atoms with van der Waals surface area (Å²) >= 11 is 7.43. The van der Waals surface area contributed by atoms with Crippen LogP contribution in [-0.2, 0) is 6.54 Å². The van der Waals surface area contributed by atoms with E-state index in [9.17, 15) is 4.79 Å². The van der Waals surface area contributed by atoms with Gasteiger partial charge in [-0.1, -0.05) is 53.2 Å². The van der Waals surface area contributed by atoms with E-state index in [4.69, 9.17) is 16.1 Å². The lowest BCUT2D eigenvalue weighted by molar-refractivity contribution is 0.0955. The van der Waals surface area contributed by atoms with Crippen molar-refractivity contribution in [2.75, 3.05) is 0 Å². The molecule has 1 N–H and O–H groups in total. The van der Waals surface area contributed by atoms with Crippen molar-refractivity contribution >= 4 is 28.8 Å². The van der Waals surface area contributed by atoms with Crippen molar-refractivity contribution in [2.24, 2.45) is 0 Å². The normalized spacial score (nSPS) is 10.7. The molecule has 2 aromatic carbocycles. The zero-order valence-electron chi connectivity index (χ0n) is 14.1. The number of rotatable bonds is 5. The first-order valence-electron chi connectivity index (χ1n) is 8.21. The second-order valence-electron chi connectivity index (χ2n) is 5.73. The van der Waals surface area contributed by atoms with Gasteiger partial charge < -0.3 is 9.84 Å². The van der Waals surface area contributed by atoms with Gasteiger partial charge in [-0.25, -0.2) is 0 Å². The molecule has 134 valence electrons. The lowest BCUT2D eigenvalue weighted by Gasteiger charge is -2.05. The molecule has 2 aromatic heterocycles. The van der Waals surface area contributed by atoms with Crippen LogP contribution in [0.2, 0.25) is 5.02 Å². The van der Waals surface area contributed by atoms with Crippen LogP contribution in [0.15, 0.2) is 71.3 Å². The Balaban J connectivity index is 1.46. The van der Waals surface area contributed by atoms with Crippen LogP contribution in [0.4, 0.5) is 0 Å². The molecule has 0 fully saturated rings. The van der Waals surface area contributed by atoms with Gasteiger partial charge in [-0.15, -0.1) is 11.3 Å². The number of nitrogens with zero attached hydrogens (tertiary/aromatic N) is 2. The highest BCUT2D eigenvalue weighted by Gasteiger charge is 2.15. The first kappa shape index (κ1) is 17.5. The van der Waals surface area contributed by atoms with Crippen LogP contribution in [0, 0.1) is 0 Å². The van der Waals surface area contributed by atoms with E-state index in [-0.39, 0.29) is 5.91 Å². The maximum atomic E-state index is 12.4. The first-order valence-corrected chi connectivity index (χ1v) is 9.41. The van der Waals surface area contributed by atoms with Gasteiger partial charge in [0.05, 0.1) is 9.75 Å². The zero-order valence-corrected chi connectivity index (χ0v) is 15.6. The highest BCUT2D eigenvalue weighted by atomic mass is 35.5. The molecule has 1 amide bonds.